The zero-order valence-electron chi connectivity index (χ0n) is 7.92. The van der Waals surface area contributed by atoms with E-state index >= 15 is 0 Å². The van der Waals surface area contributed by atoms with E-state index in [1.165, 1.54) is 5.57 Å². The van der Waals surface area contributed by atoms with E-state index in [9.17, 15) is 4.79 Å². The number of nitrogens with zero attached hydrogens (tertiary/aromatic N) is 1. The molecule has 0 aromatic rings. The van der Waals surface area contributed by atoms with Gasteiger partial charge in [-0.3, -0.25) is 4.79 Å². The highest BCUT2D eigenvalue weighted by atomic mass is 16.1. The van der Waals surface area contributed by atoms with Crippen LogP contribution in [0.3, 0.4) is 0 Å². The second kappa shape index (κ2) is 5.54. The molecule has 0 aliphatic heterocycles. The van der Waals surface area contributed by atoms with Crippen molar-refractivity contribution in [3.8, 4) is 6.07 Å². The van der Waals surface area contributed by atoms with Crippen molar-refractivity contribution in [3.63, 3.8) is 0 Å². The number of rotatable bonds is 4. The van der Waals surface area contributed by atoms with Gasteiger partial charge in [-0.1, -0.05) is 18.6 Å². The molecule has 1 unspecified atom stereocenters. The summed E-state index contributed by atoms with van der Waals surface area (Å²) in [5, 5.41) is 8.30. The molecule has 0 fully saturated rings. The van der Waals surface area contributed by atoms with Crippen molar-refractivity contribution < 1.29 is 4.79 Å². The maximum atomic E-state index is 10.8. The fourth-order valence-electron chi connectivity index (χ4n) is 0.863. The van der Waals surface area contributed by atoms with Crippen molar-refractivity contribution in [2.45, 2.75) is 33.6 Å². The van der Waals surface area contributed by atoms with Gasteiger partial charge in [-0.15, -0.1) is 0 Å². The maximum absolute atomic E-state index is 10.8. The first-order valence-corrected chi connectivity index (χ1v) is 4.15. The first-order valence-electron chi connectivity index (χ1n) is 4.15. The number of hydrogen-bond acceptors (Lipinski definition) is 2. The van der Waals surface area contributed by atoms with Crippen LogP contribution in [0, 0.1) is 17.2 Å². The lowest BCUT2D eigenvalue weighted by Gasteiger charge is -2.01. The Morgan fingerprint density at radius 2 is 2.17 bits per heavy atom. The number of ketones is 1. The molecule has 0 amide bonds. The summed E-state index contributed by atoms with van der Waals surface area (Å²) in [6.45, 7) is 5.85. The molecule has 2 nitrogen and oxygen atoms in total. The largest absolute Gasteiger partial charge is 0.282 e. The summed E-state index contributed by atoms with van der Waals surface area (Å²) in [5.74, 6) is -0.428. The summed E-state index contributed by atoms with van der Waals surface area (Å²) >= 11 is 0. The van der Waals surface area contributed by atoms with Gasteiger partial charge in [0.2, 0.25) is 5.78 Å². The Bertz CT molecular complexity index is 218. The molecule has 0 rings (SSSR count). The Morgan fingerprint density at radius 3 is 2.58 bits per heavy atom. The highest BCUT2D eigenvalue weighted by Crippen LogP contribution is 2.08. The van der Waals surface area contributed by atoms with E-state index in [0.29, 0.717) is 0 Å². The molecule has 0 saturated carbocycles. The molecular formula is C10H15NO. The molecule has 0 saturated heterocycles. The number of allylic oxidation sites excluding steroid dienone is 2. The predicted molar refractivity (Wildman–Crippen MR) is 48.4 cm³/mol. The summed E-state index contributed by atoms with van der Waals surface area (Å²) in [7, 11) is 0. The first kappa shape index (κ1) is 10.9. The van der Waals surface area contributed by atoms with Gasteiger partial charge in [0.25, 0.3) is 0 Å². The Hall–Kier alpha value is -1.10. The third-order valence-corrected chi connectivity index (χ3v) is 1.71. The summed E-state index contributed by atoms with van der Waals surface area (Å²) in [6, 6.07) is 1.64. The third kappa shape index (κ3) is 4.68. The van der Waals surface area contributed by atoms with E-state index in [4.69, 9.17) is 5.26 Å². The molecule has 0 radical (unpaired) electrons. The topological polar surface area (TPSA) is 40.9 Å². The SMILES string of the molecule is CC(C)=CCCC(C)C(=O)C#N. The number of hydrogen-bond donors (Lipinski definition) is 0. The van der Waals surface area contributed by atoms with Crippen LogP contribution in [0.4, 0.5) is 0 Å². The van der Waals surface area contributed by atoms with Gasteiger partial charge >= 0.3 is 0 Å². The molecular weight excluding hydrogens is 150 g/mol. The van der Waals surface area contributed by atoms with Crippen LogP contribution in [0.15, 0.2) is 11.6 Å². The van der Waals surface area contributed by atoms with Gasteiger partial charge in [-0.25, -0.2) is 0 Å². The lowest BCUT2D eigenvalue weighted by Crippen LogP contribution is -2.07. The Balaban J connectivity index is 3.74. The van der Waals surface area contributed by atoms with Gasteiger partial charge in [0.1, 0.15) is 6.07 Å². The van der Waals surface area contributed by atoms with Gasteiger partial charge < -0.3 is 0 Å². The lowest BCUT2D eigenvalue weighted by molar-refractivity contribution is -0.117. The second-order valence-corrected chi connectivity index (χ2v) is 3.24. The molecule has 0 heterocycles. The van der Waals surface area contributed by atoms with Crippen LogP contribution in [0.5, 0.6) is 0 Å². The zero-order valence-corrected chi connectivity index (χ0v) is 7.92. The number of carbonyl (C=O) groups excluding carboxylic acids is 1. The third-order valence-electron chi connectivity index (χ3n) is 1.71. The molecule has 0 N–H and O–H groups in total. The molecule has 2 heteroatoms. The van der Waals surface area contributed by atoms with Gasteiger partial charge in [-0.05, 0) is 26.7 Å². The molecule has 66 valence electrons. The van der Waals surface area contributed by atoms with Crippen LogP contribution in [-0.4, -0.2) is 5.78 Å². The van der Waals surface area contributed by atoms with Gasteiger partial charge in [-0.2, -0.15) is 5.26 Å². The number of Topliss-reactive ketones (excluding diaryl/α,β-unsaturated/α-hetero) is 1. The van der Waals surface area contributed by atoms with Crippen LogP contribution in [0.1, 0.15) is 33.6 Å². The Kier molecular flexibility index (Phi) is 5.03. The lowest BCUT2D eigenvalue weighted by atomic mass is 10.0. The fraction of sp³-hybridized carbons (Fsp3) is 0.600. The van der Waals surface area contributed by atoms with Crippen molar-refractivity contribution in [2.75, 3.05) is 0 Å². The smallest absolute Gasteiger partial charge is 0.234 e. The van der Waals surface area contributed by atoms with Crippen molar-refractivity contribution in [1.29, 1.82) is 5.26 Å². The first-order chi connectivity index (χ1) is 5.57. The molecule has 0 aliphatic rings. The van der Waals surface area contributed by atoms with E-state index < -0.39 is 0 Å². The monoisotopic (exact) mass is 165 g/mol. The average molecular weight is 165 g/mol. The Morgan fingerprint density at radius 1 is 1.58 bits per heavy atom. The van der Waals surface area contributed by atoms with Crippen LogP contribution in [0.25, 0.3) is 0 Å². The van der Waals surface area contributed by atoms with Gasteiger partial charge in [0.05, 0.1) is 0 Å². The minimum Gasteiger partial charge on any atom is -0.282 e. The molecule has 0 aromatic heterocycles. The van der Waals surface area contributed by atoms with Crippen LogP contribution < -0.4 is 0 Å². The molecule has 0 aliphatic carbocycles. The zero-order chi connectivity index (χ0) is 9.56. The number of carbonyl (C=O) groups is 1. The fourth-order valence-corrected chi connectivity index (χ4v) is 0.863. The Labute approximate surface area is 73.9 Å². The molecule has 0 spiro atoms. The van der Waals surface area contributed by atoms with Crippen molar-refractivity contribution in [2.24, 2.45) is 5.92 Å². The summed E-state index contributed by atoms with van der Waals surface area (Å²) in [4.78, 5) is 10.8. The van der Waals surface area contributed by atoms with Crippen molar-refractivity contribution in [3.05, 3.63) is 11.6 Å². The van der Waals surface area contributed by atoms with E-state index in [1.54, 1.807) is 13.0 Å². The molecule has 0 aromatic carbocycles. The van der Waals surface area contributed by atoms with E-state index in [2.05, 4.69) is 6.08 Å². The van der Waals surface area contributed by atoms with Crippen LogP contribution in [0.2, 0.25) is 0 Å². The van der Waals surface area contributed by atoms with Crippen LogP contribution >= 0.6 is 0 Å². The quantitative estimate of drug-likeness (QED) is 0.474. The van der Waals surface area contributed by atoms with E-state index in [-0.39, 0.29) is 11.7 Å². The maximum Gasteiger partial charge on any atom is 0.234 e. The molecule has 1 atom stereocenters. The summed E-state index contributed by atoms with van der Waals surface area (Å²) in [5.41, 5.74) is 1.26. The highest BCUT2D eigenvalue weighted by Gasteiger charge is 2.09. The normalized spacial score (nSPS) is 11.5. The van der Waals surface area contributed by atoms with Gasteiger partial charge in [0, 0.05) is 5.92 Å². The van der Waals surface area contributed by atoms with Gasteiger partial charge in [0.15, 0.2) is 0 Å². The minimum absolute atomic E-state index is 0.120. The van der Waals surface area contributed by atoms with Crippen molar-refractivity contribution in [1.82, 2.24) is 0 Å². The molecule has 0 bridgehead atoms. The molecule has 12 heavy (non-hydrogen) atoms. The van der Waals surface area contributed by atoms with Crippen molar-refractivity contribution >= 4 is 5.78 Å². The standard InChI is InChI=1S/C10H15NO/c1-8(2)5-4-6-9(3)10(12)7-11/h5,9H,4,6H2,1-3H3. The second-order valence-electron chi connectivity index (χ2n) is 3.24. The highest BCUT2D eigenvalue weighted by molar-refractivity contribution is 5.94. The van der Waals surface area contributed by atoms with Crippen LogP contribution in [-0.2, 0) is 4.79 Å². The number of nitriles is 1. The summed E-state index contributed by atoms with van der Waals surface area (Å²) < 4.78 is 0. The van der Waals surface area contributed by atoms with E-state index in [0.717, 1.165) is 12.8 Å². The minimum atomic E-state index is -0.308. The van der Waals surface area contributed by atoms with E-state index in [1.807, 2.05) is 13.8 Å². The predicted octanol–water partition coefficient (Wildman–Crippen LogP) is 2.46. The average Bonchev–Trinajstić information content (AvgIpc) is 2.02. The summed E-state index contributed by atoms with van der Waals surface area (Å²) in [6.07, 6.45) is 3.75.